The summed E-state index contributed by atoms with van der Waals surface area (Å²) in [5.41, 5.74) is 5.24. The van der Waals surface area contributed by atoms with Crippen LogP contribution >= 0.6 is 0 Å². The predicted octanol–water partition coefficient (Wildman–Crippen LogP) is -0.305. The van der Waals surface area contributed by atoms with Gasteiger partial charge in [0, 0.05) is 14.1 Å². The highest BCUT2D eigenvalue weighted by molar-refractivity contribution is 5.99. The molecular formula is C14H16N4O3. The van der Waals surface area contributed by atoms with Crippen LogP contribution in [0.3, 0.4) is 0 Å². The zero-order valence-electron chi connectivity index (χ0n) is 11.8. The largest absolute Gasteiger partial charge is 0.494 e. The molecule has 0 aliphatic heterocycles. The Balaban J connectivity index is 2.47. The third kappa shape index (κ3) is 2.71. The van der Waals surface area contributed by atoms with E-state index in [2.05, 4.69) is 4.99 Å². The molecule has 0 bridgehead atoms. The Morgan fingerprint density at radius 1 is 1.19 bits per heavy atom. The summed E-state index contributed by atoms with van der Waals surface area (Å²) >= 11 is 0. The summed E-state index contributed by atoms with van der Waals surface area (Å²) in [6.45, 7) is 0.276. The van der Waals surface area contributed by atoms with Crippen molar-refractivity contribution in [1.82, 2.24) is 9.13 Å². The first-order valence-electron chi connectivity index (χ1n) is 6.26. The van der Waals surface area contributed by atoms with E-state index in [9.17, 15) is 14.7 Å². The van der Waals surface area contributed by atoms with Crippen molar-refractivity contribution < 1.29 is 5.11 Å². The summed E-state index contributed by atoms with van der Waals surface area (Å²) in [5, 5.41) is 9.94. The molecule has 0 amide bonds. The van der Waals surface area contributed by atoms with Crippen molar-refractivity contribution in [1.29, 1.82) is 0 Å². The van der Waals surface area contributed by atoms with E-state index >= 15 is 0 Å². The Morgan fingerprint density at radius 2 is 1.81 bits per heavy atom. The van der Waals surface area contributed by atoms with Gasteiger partial charge in [-0.25, -0.2) is 4.79 Å². The second kappa shape index (κ2) is 5.66. The zero-order valence-corrected chi connectivity index (χ0v) is 11.8. The standard InChI is InChI=1S/C14H16N4O3/c1-17-12(19)10(13(20)18(2)14(17)21)11(15)16-8-9-6-4-3-5-7-9/h3-7,19H,8H2,1-2H3,(H2,15,16). The molecule has 0 spiro atoms. The summed E-state index contributed by atoms with van der Waals surface area (Å²) < 4.78 is 1.82. The average molecular weight is 288 g/mol. The normalized spacial score (nSPS) is 11.6. The van der Waals surface area contributed by atoms with Gasteiger partial charge in [-0.2, -0.15) is 0 Å². The number of amidine groups is 1. The summed E-state index contributed by atoms with van der Waals surface area (Å²) in [7, 11) is 2.67. The number of hydrogen-bond donors (Lipinski definition) is 2. The smallest absolute Gasteiger partial charge is 0.333 e. The van der Waals surface area contributed by atoms with Crippen LogP contribution in [0.5, 0.6) is 5.88 Å². The van der Waals surface area contributed by atoms with Gasteiger partial charge in [0.25, 0.3) is 5.56 Å². The van der Waals surface area contributed by atoms with E-state index in [4.69, 9.17) is 5.73 Å². The van der Waals surface area contributed by atoms with Crippen LogP contribution in [-0.4, -0.2) is 20.1 Å². The van der Waals surface area contributed by atoms with Gasteiger partial charge in [-0.05, 0) is 5.56 Å². The quantitative estimate of drug-likeness (QED) is 0.597. The number of nitrogens with zero attached hydrogens (tertiary/aromatic N) is 3. The highest BCUT2D eigenvalue weighted by Crippen LogP contribution is 2.09. The molecule has 1 heterocycles. The first-order chi connectivity index (χ1) is 9.93. The summed E-state index contributed by atoms with van der Waals surface area (Å²) in [4.78, 5) is 27.8. The van der Waals surface area contributed by atoms with Gasteiger partial charge < -0.3 is 10.8 Å². The molecule has 21 heavy (non-hydrogen) atoms. The van der Waals surface area contributed by atoms with Gasteiger partial charge in [0.2, 0.25) is 5.88 Å². The molecule has 2 aromatic rings. The van der Waals surface area contributed by atoms with E-state index in [1.165, 1.54) is 14.1 Å². The van der Waals surface area contributed by atoms with Crippen LogP contribution in [0.25, 0.3) is 0 Å². The average Bonchev–Trinajstić information content (AvgIpc) is 2.50. The fourth-order valence-electron chi connectivity index (χ4n) is 1.90. The molecule has 7 heteroatoms. The molecule has 0 aliphatic rings. The van der Waals surface area contributed by atoms with E-state index in [0.717, 1.165) is 14.7 Å². The number of aliphatic imine (C=N–C) groups is 1. The Kier molecular flexibility index (Phi) is 3.93. The van der Waals surface area contributed by atoms with Crippen LogP contribution in [0.4, 0.5) is 0 Å². The molecule has 0 fully saturated rings. The molecular weight excluding hydrogens is 272 g/mol. The van der Waals surface area contributed by atoms with E-state index in [1.807, 2.05) is 30.3 Å². The molecule has 0 saturated carbocycles. The number of hydrogen-bond acceptors (Lipinski definition) is 4. The fourth-order valence-corrected chi connectivity index (χ4v) is 1.90. The van der Waals surface area contributed by atoms with Gasteiger partial charge in [-0.1, -0.05) is 30.3 Å². The van der Waals surface area contributed by atoms with Crippen molar-refractivity contribution in [3.05, 3.63) is 62.3 Å². The lowest BCUT2D eigenvalue weighted by molar-refractivity contribution is 0.410. The fraction of sp³-hybridized carbons (Fsp3) is 0.214. The minimum Gasteiger partial charge on any atom is -0.494 e. The molecule has 0 unspecified atom stereocenters. The minimum absolute atomic E-state index is 0.104. The molecule has 0 radical (unpaired) electrons. The molecule has 0 aliphatic carbocycles. The molecule has 7 nitrogen and oxygen atoms in total. The van der Waals surface area contributed by atoms with Gasteiger partial charge >= 0.3 is 5.69 Å². The zero-order chi connectivity index (χ0) is 15.6. The van der Waals surface area contributed by atoms with Crippen molar-refractivity contribution >= 4 is 5.84 Å². The number of benzene rings is 1. The van der Waals surface area contributed by atoms with Crippen molar-refractivity contribution in [2.75, 3.05) is 0 Å². The maximum atomic E-state index is 12.0. The highest BCUT2D eigenvalue weighted by Gasteiger charge is 2.17. The van der Waals surface area contributed by atoms with Gasteiger partial charge in [0.05, 0.1) is 6.54 Å². The van der Waals surface area contributed by atoms with Crippen molar-refractivity contribution in [3.63, 3.8) is 0 Å². The molecule has 0 saturated heterocycles. The third-order valence-corrected chi connectivity index (χ3v) is 3.16. The van der Waals surface area contributed by atoms with E-state index in [-0.39, 0.29) is 17.9 Å². The van der Waals surface area contributed by atoms with Crippen molar-refractivity contribution in [2.24, 2.45) is 24.8 Å². The van der Waals surface area contributed by atoms with Crippen LogP contribution in [0.1, 0.15) is 11.1 Å². The molecule has 3 N–H and O–H groups in total. The van der Waals surface area contributed by atoms with Crippen LogP contribution in [0.15, 0.2) is 44.9 Å². The van der Waals surface area contributed by atoms with E-state index < -0.39 is 17.1 Å². The monoisotopic (exact) mass is 288 g/mol. The highest BCUT2D eigenvalue weighted by atomic mass is 16.3. The first kappa shape index (κ1) is 14.6. The van der Waals surface area contributed by atoms with E-state index in [0.29, 0.717) is 0 Å². The molecule has 110 valence electrons. The number of aromatic nitrogens is 2. The van der Waals surface area contributed by atoms with Gasteiger partial charge in [-0.15, -0.1) is 0 Å². The summed E-state index contributed by atoms with van der Waals surface area (Å²) in [6.07, 6.45) is 0. The second-order valence-electron chi connectivity index (χ2n) is 4.59. The maximum Gasteiger partial charge on any atom is 0.333 e. The lowest BCUT2D eigenvalue weighted by Crippen LogP contribution is -2.41. The Morgan fingerprint density at radius 3 is 2.43 bits per heavy atom. The Bertz CT molecular complexity index is 803. The predicted molar refractivity (Wildman–Crippen MR) is 79.5 cm³/mol. The number of rotatable bonds is 3. The molecule has 1 aromatic heterocycles. The van der Waals surface area contributed by atoms with Crippen LogP contribution in [0.2, 0.25) is 0 Å². The minimum atomic E-state index is -0.676. The Hall–Kier alpha value is -2.83. The second-order valence-corrected chi connectivity index (χ2v) is 4.59. The lowest BCUT2D eigenvalue weighted by Gasteiger charge is -2.09. The maximum absolute atomic E-state index is 12.0. The molecule has 2 rings (SSSR count). The molecule has 0 atom stereocenters. The SMILES string of the molecule is Cn1c(O)c(C(N)=NCc2ccccc2)c(=O)n(C)c1=O. The van der Waals surface area contributed by atoms with Gasteiger partial charge in [0.15, 0.2) is 0 Å². The first-order valence-corrected chi connectivity index (χ1v) is 6.26. The van der Waals surface area contributed by atoms with Gasteiger partial charge in [-0.3, -0.25) is 18.9 Å². The number of nitrogens with two attached hydrogens (primary N) is 1. The molecule has 1 aromatic carbocycles. The van der Waals surface area contributed by atoms with Gasteiger partial charge in [0.1, 0.15) is 11.4 Å². The third-order valence-electron chi connectivity index (χ3n) is 3.16. The Labute approximate surface area is 120 Å². The lowest BCUT2D eigenvalue weighted by atomic mass is 10.2. The van der Waals surface area contributed by atoms with Crippen molar-refractivity contribution in [2.45, 2.75) is 6.54 Å². The van der Waals surface area contributed by atoms with Crippen LogP contribution in [-0.2, 0) is 20.6 Å². The van der Waals surface area contributed by atoms with Crippen LogP contribution < -0.4 is 17.0 Å². The summed E-state index contributed by atoms with van der Waals surface area (Å²) in [6, 6.07) is 9.35. The number of aromatic hydroxyl groups is 1. The topological polar surface area (TPSA) is 103 Å². The summed E-state index contributed by atoms with van der Waals surface area (Å²) in [5.74, 6) is -0.593. The van der Waals surface area contributed by atoms with Crippen LogP contribution in [0, 0.1) is 0 Å². The van der Waals surface area contributed by atoms with E-state index in [1.54, 1.807) is 0 Å². The van der Waals surface area contributed by atoms with Crippen molar-refractivity contribution in [3.8, 4) is 5.88 Å².